The second-order valence-corrected chi connectivity index (χ2v) is 30.4. The molecule has 94 heavy (non-hydrogen) atoms. The van der Waals surface area contributed by atoms with Gasteiger partial charge in [-0.05, 0) is 120 Å². The Morgan fingerprint density at radius 3 is 1.02 bits per heavy atom. The van der Waals surface area contributed by atoms with Crippen LogP contribution in [-0.2, 0) is 52.7 Å². The number of nitrogens with one attached hydrogen (secondary N) is 4. The molecule has 4 aliphatic heterocycles. The lowest BCUT2D eigenvalue weighted by atomic mass is 9.50. The smallest absolute Gasteiger partial charge is 0.233 e. The van der Waals surface area contributed by atoms with E-state index in [0.717, 1.165) is 12.8 Å². The van der Waals surface area contributed by atoms with Crippen LogP contribution in [0.15, 0.2) is 85.1 Å². The van der Waals surface area contributed by atoms with E-state index in [-0.39, 0.29) is 293 Å². The number of carbonyl (C=O) groups is 11. The van der Waals surface area contributed by atoms with Gasteiger partial charge in [0.25, 0.3) is 0 Å². The van der Waals surface area contributed by atoms with Gasteiger partial charge in [-0.25, -0.2) is 0 Å². The van der Waals surface area contributed by atoms with Gasteiger partial charge in [-0.3, -0.25) is 77.7 Å². The van der Waals surface area contributed by atoms with Gasteiger partial charge in [0.05, 0.1) is 47.3 Å². The molecular formula is C72H88N10O12. The highest BCUT2D eigenvalue weighted by Crippen LogP contribution is 2.63. The van der Waals surface area contributed by atoms with Crippen LogP contribution >= 0.6 is 0 Å². The fraction of sp³-hybridized carbons (Fsp3) is 0.653. The highest BCUT2D eigenvalue weighted by molar-refractivity contribution is 6.08. The average molecular weight is 1290 g/mol. The van der Waals surface area contributed by atoms with E-state index >= 15 is 0 Å². The van der Waals surface area contributed by atoms with E-state index in [2.05, 4.69) is 113 Å². The molecule has 22 heteroatoms. The number of nitrogens with zero attached hydrogens (tertiary/aromatic N) is 6. The zero-order chi connectivity index (χ0) is 64.7. The Kier molecular flexibility index (Phi) is 16.0. The van der Waals surface area contributed by atoms with E-state index in [0.29, 0.717) is 37.4 Å². The first kappa shape index (κ1) is 61.8. The molecule has 0 aromatic carbocycles. The molecule has 16 aliphatic carbocycles. The Labute approximate surface area is 547 Å². The molecule has 5 saturated carbocycles. The van der Waals surface area contributed by atoms with Gasteiger partial charge < -0.3 is 30.9 Å². The third-order valence-electron chi connectivity index (χ3n) is 26.3. The third-order valence-corrected chi connectivity index (χ3v) is 26.3. The van der Waals surface area contributed by atoms with Crippen molar-refractivity contribution < 1.29 is 57.8 Å². The van der Waals surface area contributed by atoms with Gasteiger partial charge in [0.2, 0.25) is 65.0 Å². The second-order valence-electron chi connectivity index (χ2n) is 30.4. The molecule has 20 rings (SSSR count). The molecule has 5 N–H and O–H groups in total. The van der Waals surface area contributed by atoms with Crippen molar-refractivity contribution in [1.82, 2.24) is 50.7 Å². The number of likely N-dealkylation sites (tertiary alicyclic amines) is 4. The number of aliphatic hydroxyl groups excluding tert-OH is 1. The van der Waals surface area contributed by atoms with Crippen LogP contribution in [0.3, 0.4) is 0 Å². The van der Waals surface area contributed by atoms with Gasteiger partial charge in [0.1, 0.15) is 6.23 Å². The van der Waals surface area contributed by atoms with Crippen molar-refractivity contribution in [2.24, 2.45) is 148 Å². The van der Waals surface area contributed by atoms with Gasteiger partial charge in [-0.2, -0.15) is 0 Å². The molecule has 0 aromatic rings. The van der Waals surface area contributed by atoms with Crippen LogP contribution in [0.4, 0.5) is 0 Å². The minimum absolute atomic E-state index is 0.000452. The Hall–Kier alpha value is -7.01. The van der Waals surface area contributed by atoms with Crippen LogP contribution in [0.25, 0.3) is 0 Å². The lowest BCUT2D eigenvalue weighted by Crippen LogP contribution is -2.50. The van der Waals surface area contributed by atoms with E-state index in [1.165, 1.54) is 19.6 Å². The first-order chi connectivity index (χ1) is 45.5. The number of aliphatic hydroxyl groups is 1. The average Bonchev–Trinajstić information content (AvgIpc) is 1.47. The van der Waals surface area contributed by atoms with Crippen LogP contribution < -0.4 is 21.3 Å². The van der Waals surface area contributed by atoms with Crippen LogP contribution in [0.1, 0.15) is 45.4 Å². The van der Waals surface area contributed by atoms with E-state index in [4.69, 9.17) is 0 Å². The van der Waals surface area contributed by atoms with Crippen molar-refractivity contribution in [3.8, 4) is 0 Å². The van der Waals surface area contributed by atoms with E-state index < -0.39 is 6.23 Å². The van der Waals surface area contributed by atoms with Crippen LogP contribution in [-0.4, -0.2) is 197 Å². The fourth-order valence-corrected chi connectivity index (χ4v) is 21.4. The molecule has 0 spiro atoms. The Morgan fingerprint density at radius 2 is 0.681 bits per heavy atom. The summed E-state index contributed by atoms with van der Waals surface area (Å²) in [5.74, 6) is -1.94. The van der Waals surface area contributed by atoms with Crippen molar-refractivity contribution in [2.75, 3.05) is 91.6 Å². The standard InChI is InChI=1S/C72H88N10O12/c1-36-34-52-50-3-2-37(35-51(36)52)57-58(50)66(88)79(65(57)87)28-20-73-53(83)16-24-77(25-17-54(84)74-21-29-80-67(89)59-44-10-11-45(60(59)68(80)90)39-5-4-38(39)44)32-33-78(26-18-55(85)75-22-30-81-69(91)61-46-12-13-47(62(61)70(81)92)41-7-6-40(41)46)27-19-56(86)76-23-31-82-71(93)63-48-14-15-49(64(63)72(82)94)43-9-8-42(43)48/h2-15,36-53,57-64,73,83H,16-35H2,1H3,(H,74,84)(H,75,85)(H,76,86)/t36?,37?,38?,39?,40-,41-,42?,43?,44?,45?,46?,47?,48?,49?,50?,51?,52?,53?,57?,58?,59?,60?,61?,62?,63?,64?/m0/s1. The number of imide groups is 4. The second kappa shape index (κ2) is 24.3. The molecule has 24 unspecified atom stereocenters. The Balaban J connectivity index is 0.550. The molecule has 22 nitrogen and oxygen atoms in total. The normalized spacial score (nSPS) is 40.9. The van der Waals surface area contributed by atoms with E-state index in [9.17, 15) is 57.8 Å². The largest absolute Gasteiger partial charge is 0.379 e. The molecule has 4 saturated heterocycles. The summed E-state index contributed by atoms with van der Waals surface area (Å²) in [6, 6.07) is 0. The van der Waals surface area contributed by atoms with Crippen LogP contribution in [0.5, 0.6) is 0 Å². The monoisotopic (exact) mass is 1280 g/mol. The molecule has 9 fully saturated rings. The lowest BCUT2D eigenvalue weighted by molar-refractivity contribution is -0.142. The number of hydrogen-bond donors (Lipinski definition) is 5. The molecule has 498 valence electrons. The molecule has 26 atom stereocenters. The van der Waals surface area contributed by atoms with Crippen molar-refractivity contribution in [1.29, 1.82) is 0 Å². The summed E-state index contributed by atoms with van der Waals surface area (Å²) in [5, 5.41) is 23.3. The van der Waals surface area contributed by atoms with Crippen molar-refractivity contribution in [2.45, 2.75) is 51.7 Å². The fourth-order valence-electron chi connectivity index (χ4n) is 21.4. The van der Waals surface area contributed by atoms with Gasteiger partial charge in [-0.1, -0.05) is 92.0 Å². The summed E-state index contributed by atoms with van der Waals surface area (Å²) in [5.41, 5.74) is 0. The van der Waals surface area contributed by atoms with Gasteiger partial charge in [0, 0.05) is 111 Å². The number of hydrogen-bond acceptors (Lipinski definition) is 15. The zero-order valence-corrected chi connectivity index (χ0v) is 53.4. The van der Waals surface area contributed by atoms with Crippen LogP contribution in [0.2, 0.25) is 0 Å². The lowest BCUT2D eigenvalue weighted by Gasteiger charge is -2.51. The Bertz CT molecular complexity index is 3240. The summed E-state index contributed by atoms with van der Waals surface area (Å²) in [6.45, 7) is 4.55. The highest BCUT2D eigenvalue weighted by atomic mass is 16.3. The van der Waals surface area contributed by atoms with Gasteiger partial charge in [0.15, 0.2) is 0 Å². The topological polar surface area (TPSA) is 276 Å². The van der Waals surface area contributed by atoms with Crippen molar-refractivity contribution in [3.05, 3.63) is 85.1 Å². The first-order valence-electron chi connectivity index (χ1n) is 35.4. The summed E-state index contributed by atoms with van der Waals surface area (Å²) >= 11 is 0. The zero-order valence-electron chi connectivity index (χ0n) is 53.4. The van der Waals surface area contributed by atoms with E-state index in [1.54, 1.807) is 0 Å². The molecule has 20 aliphatic rings. The SMILES string of the molecule is CC1CC2C3C=CC(CC12)C1C(=O)N(CCNC(O)CCN(CCC(=O)NCCN2C(=O)C4C5C=CC(C6C=CC65)C4C2=O)CCN(CCC(=O)NCCN2C(=O)C4C5C=CC(C6C=CC65)C4C2=O)CCC(=O)NCCN2C(=O)C4C(C2=O)C2C=CC4[C@H]4C=C[C@H]24)C(=O)C31. The molecule has 4 heterocycles. The number of amides is 11. The van der Waals surface area contributed by atoms with Crippen molar-refractivity contribution >= 4 is 65.0 Å². The molecule has 0 radical (unpaired) electrons. The molecular weight excluding hydrogens is 1200 g/mol. The summed E-state index contributed by atoms with van der Waals surface area (Å²) in [7, 11) is 0. The summed E-state index contributed by atoms with van der Waals surface area (Å²) in [6.07, 6.45) is 31.0. The minimum atomic E-state index is -1.05. The summed E-state index contributed by atoms with van der Waals surface area (Å²) < 4.78 is 0. The Morgan fingerprint density at radius 1 is 0.383 bits per heavy atom. The number of carbonyl (C=O) groups excluding carboxylic acids is 11. The number of rotatable bonds is 28. The van der Waals surface area contributed by atoms with Crippen molar-refractivity contribution in [3.63, 3.8) is 0 Å². The third kappa shape index (κ3) is 9.99. The minimum Gasteiger partial charge on any atom is -0.379 e. The van der Waals surface area contributed by atoms with Gasteiger partial charge >= 0.3 is 0 Å². The predicted octanol–water partition coefficient (Wildman–Crippen LogP) is 1.14. The maximum Gasteiger partial charge on any atom is 0.233 e. The summed E-state index contributed by atoms with van der Waals surface area (Å²) in [4.78, 5) is 161. The first-order valence-corrected chi connectivity index (χ1v) is 35.4. The maximum absolute atomic E-state index is 14.0. The highest BCUT2D eigenvalue weighted by Gasteiger charge is 2.66. The van der Waals surface area contributed by atoms with E-state index in [1.807, 2.05) is 9.80 Å². The van der Waals surface area contributed by atoms with Gasteiger partial charge in [-0.15, -0.1) is 0 Å². The quantitative estimate of drug-likeness (QED) is 0.0418. The maximum atomic E-state index is 14.0. The number of allylic oxidation sites excluding steroid dienone is 14. The predicted molar refractivity (Wildman–Crippen MR) is 337 cm³/mol. The molecule has 8 bridgehead atoms. The molecule has 11 amide bonds. The van der Waals surface area contributed by atoms with Crippen LogP contribution in [0, 0.1) is 148 Å². The molecule has 0 aromatic heterocycles.